The van der Waals surface area contributed by atoms with Gasteiger partial charge in [-0.2, -0.15) is 0 Å². The van der Waals surface area contributed by atoms with E-state index in [1.54, 1.807) is 6.07 Å². The van der Waals surface area contributed by atoms with E-state index in [0.717, 1.165) is 10.4 Å². The van der Waals surface area contributed by atoms with Crippen molar-refractivity contribution in [1.29, 1.82) is 0 Å². The quantitative estimate of drug-likeness (QED) is 0.822. The lowest BCUT2D eigenvalue weighted by Crippen LogP contribution is -2.33. The first-order valence-corrected chi connectivity index (χ1v) is 9.11. The zero-order valence-corrected chi connectivity index (χ0v) is 13.8. The summed E-state index contributed by atoms with van der Waals surface area (Å²) in [4.78, 5) is 1.01. The van der Waals surface area contributed by atoms with Crippen molar-refractivity contribution in [3.8, 4) is 0 Å². The third kappa shape index (κ3) is 4.64. The predicted molar refractivity (Wildman–Crippen MR) is 87.0 cm³/mol. The first-order valence-electron chi connectivity index (χ1n) is 6.81. The van der Waals surface area contributed by atoms with Crippen molar-refractivity contribution in [3.05, 3.63) is 52.9 Å². The van der Waals surface area contributed by atoms with Gasteiger partial charge in [0.15, 0.2) is 0 Å². The van der Waals surface area contributed by atoms with E-state index >= 15 is 0 Å². The van der Waals surface area contributed by atoms with E-state index in [-0.39, 0.29) is 6.04 Å². The van der Waals surface area contributed by atoms with Crippen molar-refractivity contribution >= 4 is 21.4 Å². The van der Waals surface area contributed by atoms with E-state index < -0.39 is 10.0 Å². The highest BCUT2D eigenvalue weighted by Crippen LogP contribution is 2.21. The average Bonchev–Trinajstić information content (AvgIpc) is 2.89. The Labute approximate surface area is 130 Å². The second-order valence-electron chi connectivity index (χ2n) is 4.96. The first kappa shape index (κ1) is 16.2. The standard InChI is InChI=1S/C15H20N2O2S2/c1-12(10-13-6-4-3-5-7-13)17-21(18,19)15-9-8-14(20-15)11-16-2/h3-9,12,16-17H,10-11H2,1-2H3. The van der Waals surface area contributed by atoms with E-state index in [4.69, 9.17) is 0 Å². The minimum atomic E-state index is -3.44. The summed E-state index contributed by atoms with van der Waals surface area (Å²) in [6.45, 7) is 2.56. The molecular weight excluding hydrogens is 304 g/mol. The van der Waals surface area contributed by atoms with Crippen LogP contribution in [-0.2, 0) is 23.0 Å². The number of benzene rings is 1. The van der Waals surface area contributed by atoms with Crippen LogP contribution in [0.15, 0.2) is 46.7 Å². The Morgan fingerprint density at radius 3 is 2.52 bits per heavy atom. The second kappa shape index (κ2) is 7.17. The van der Waals surface area contributed by atoms with E-state index in [1.807, 2.05) is 50.4 Å². The van der Waals surface area contributed by atoms with Gasteiger partial charge in [-0.05, 0) is 38.1 Å². The molecule has 1 atom stereocenters. The number of thiophene rings is 1. The molecule has 0 aliphatic heterocycles. The van der Waals surface area contributed by atoms with E-state index in [0.29, 0.717) is 17.2 Å². The summed E-state index contributed by atoms with van der Waals surface area (Å²) in [7, 11) is -1.60. The maximum absolute atomic E-state index is 12.3. The number of hydrogen-bond acceptors (Lipinski definition) is 4. The van der Waals surface area contributed by atoms with Crippen LogP contribution in [0.25, 0.3) is 0 Å². The summed E-state index contributed by atoms with van der Waals surface area (Å²) in [5, 5.41) is 3.02. The minimum Gasteiger partial charge on any atom is -0.315 e. The van der Waals surface area contributed by atoms with Crippen LogP contribution in [0.2, 0.25) is 0 Å². The van der Waals surface area contributed by atoms with Crippen molar-refractivity contribution in [2.45, 2.75) is 30.1 Å². The Balaban J connectivity index is 2.02. The Bertz CT molecular complexity index is 666. The lowest BCUT2D eigenvalue weighted by Gasteiger charge is -2.13. The molecule has 2 aromatic rings. The maximum Gasteiger partial charge on any atom is 0.250 e. The number of nitrogens with one attached hydrogen (secondary N) is 2. The fraction of sp³-hybridized carbons (Fsp3) is 0.333. The molecule has 1 aromatic heterocycles. The smallest absolute Gasteiger partial charge is 0.250 e. The molecule has 0 saturated heterocycles. The fourth-order valence-corrected chi connectivity index (χ4v) is 4.73. The minimum absolute atomic E-state index is 0.146. The normalized spacial score (nSPS) is 13.2. The van der Waals surface area contributed by atoms with Gasteiger partial charge in [0.2, 0.25) is 10.0 Å². The number of sulfonamides is 1. The SMILES string of the molecule is CNCc1ccc(S(=O)(=O)NC(C)Cc2ccccc2)s1. The first-order chi connectivity index (χ1) is 10.0. The van der Waals surface area contributed by atoms with Crippen LogP contribution in [0.1, 0.15) is 17.4 Å². The van der Waals surface area contributed by atoms with Gasteiger partial charge in [0.05, 0.1) is 0 Å². The highest BCUT2D eigenvalue weighted by atomic mass is 32.2. The molecule has 2 N–H and O–H groups in total. The van der Waals surface area contributed by atoms with Crippen molar-refractivity contribution in [2.24, 2.45) is 0 Å². The predicted octanol–water partition coefficient (Wildman–Crippen LogP) is 2.38. The monoisotopic (exact) mass is 324 g/mol. The lowest BCUT2D eigenvalue weighted by molar-refractivity contribution is 0.562. The third-order valence-electron chi connectivity index (χ3n) is 2.99. The molecule has 0 aliphatic carbocycles. The van der Waals surface area contributed by atoms with Gasteiger partial charge >= 0.3 is 0 Å². The van der Waals surface area contributed by atoms with Gasteiger partial charge < -0.3 is 5.32 Å². The molecule has 1 aromatic carbocycles. The summed E-state index contributed by atoms with van der Waals surface area (Å²) in [6.07, 6.45) is 0.675. The molecule has 114 valence electrons. The van der Waals surface area contributed by atoms with Gasteiger partial charge in [-0.1, -0.05) is 30.3 Å². The fourth-order valence-electron chi connectivity index (χ4n) is 2.10. The van der Waals surface area contributed by atoms with Gasteiger partial charge in [-0.25, -0.2) is 13.1 Å². The largest absolute Gasteiger partial charge is 0.315 e. The molecule has 1 heterocycles. The van der Waals surface area contributed by atoms with Crippen molar-refractivity contribution in [3.63, 3.8) is 0 Å². The third-order valence-corrected chi connectivity index (χ3v) is 6.16. The molecule has 0 spiro atoms. The molecule has 0 aliphatic rings. The summed E-state index contributed by atoms with van der Waals surface area (Å²) in [5.74, 6) is 0. The molecule has 0 bridgehead atoms. The summed E-state index contributed by atoms with van der Waals surface area (Å²) >= 11 is 1.30. The van der Waals surface area contributed by atoms with Crippen LogP contribution >= 0.6 is 11.3 Å². The van der Waals surface area contributed by atoms with Gasteiger partial charge in [-0.3, -0.25) is 0 Å². The van der Waals surface area contributed by atoms with E-state index in [2.05, 4.69) is 10.0 Å². The molecule has 0 fully saturated rings. The summed E-state index contributed by atoms with van der Waals surface area (Å²) in [5.41, 5.74) is 1.12. The van der Waals surface area contributed by atoms with E-state index in [1.165, 1.54) is 11.3 Å². The molecule has 2 rings (SSSR count). The lowest BCUT2D eigenvalue weighted by atomic mass is 10.1. The molecule has 0 amide bonds. The molecular formula is C15H20N2O2S2. The highest BCUT2D eigenvalue weighted by molar-refractivity contribution is 7.91. The Kier molecular flexibility index (Phi) is 5.52. The highest BCUT2D eigenvalue weighted by Gasteiger charge is 2.19. The Morgan fingerprint density at radius 2 is 1.86 bits per heavy atom. The van der Waals surface area contributed by atoms with Gasteiger partial charge in [0.1, 0.15) is 4.21 Å². The van der Waals surface area contributed by atoms with Crippen LogP contribution in [-0.4, -0.2) is 21.5 Å². The average molecular weight is 324 g/mol. The zero-order chi connectivity index (χ0) is 15.3. The van der Waals surface area contributed by atoms with Crippen molar-refractivity contribution in [1.82, 2.24) is 10.0 Å². The molecule has 21 heavy (non-hydrogen) atoms. The molecule has 1 unspecified atom stereocenters. The molecule has 0 radical (unpaired) electrons. The van der Waals surface area contributed by atoms with Crippen LogP contribution < -0.4 is 10.0 Å². The van der Waals surface area contributed by atoms with Gasteiger partial charge in [0.25, 0.3) is 0 Å². The van der Waals surface area contributed by atoms with Crippen LogP contribution in [0.4, 0.5) is 0 Å². The molecule has 0 saturated carbocycles. The van der Waals surface area contributed by atoms with E-state index in [9.17, 15) is 8.42 Å². The molecule has 6 heteroatoms. The van der Waals surface area contributed by atoms with Gasteiger partial charge in [-0.15, -0.1) is 11.3 Å². The number of hydrogen-bond donors (Lipinski definition) is 2. The summed E-state index contributed by atoms with van der Waals surface area (Å²) < 4.78 is 27.8. The maximum atomic E-state index is 12.3. The number of rotatable bonds is 7. The van der Waals surface area contributed by atoms with Crippen molar-refractivity contribution < 1.29 is 8.42 Å². The topological polar surface area (TPSA) is 58.2 Å². The van der Waals surface area contributed by atoms with Crippen molar-refractivity contribution in [2.75, 3.05) is 7.05 Å². The zero-order valence-electron chi connectivity index (χ0n) is 12.2. The van der Waals surface area contributed by atoms with Crippen LogP contribution in [0.5, 0.6) is 0 Å². The van der Waals surface area contributed by atoms with Crippen LogP contribution in [0.3, 0.4) is 0 Å². The Morgan fingerprint density at radius 1 is 1.14 bits per heavy atom. The summed E-state index contributed by atoms with van der Waals surface area (Å²) in [6, 6.07) is 13.2. The molecule has 4 nitrogen and oxygen atoms in total. The Hall–Kier alpha value is -1.21. The second-order valence-corrected chi connectivity index (χ2v) is 8.07. The van der Waals surface area contributed by atoms with Gasteiger partial charge in [0, 0.05) is 17.5 Å². The van der Waals surface area contributed by atoms with Crippen LogP contribution in [0, 0.1) is 0 Å².